The predicted octanol–water partition coefficient (Wildman–Crippen LogP) is 0.757. The zero-order valence-corrected chi connectivity index (χ0v) is 14.4. The van der Waals surface area contributed by atoms with E-state index in [1.54, 1.807) is 6.08 Å². The van der Waals surface area contributed by atoms with Crippen molar-refractivity contribution >= 4 is 11.9 Å². The fourth-order valence-electron chi connectivity index (χ4n) is 5.42. The van der Waals surface area contributed by atoms with Crippen LogP contribution in [0.4, 0.5) is 0 Å². The molecule has 0 radical (unpaired) electrons. The Balaban J connectivity index is 1.56. The molecule has 3 aliphatic heterocycles. The molecule has 24 heavy (non-hydrogen) atoms. The number of aliphatic carboxylic acids is 1. The summed E-state index contributed by atoms with van der Waals surface area (Å²) >= 11 is 0. The lowest BCUT2D eigenvalue weighted by Gasteiger charge is -2.36. The largest absolute Gasteiger partial charge is 0.550 e. The van der Waals surface area contributed by atoms with Gasteiger partial charge in [-0.2, -0.15) is 0 Å². The van der Waals surface area contributed by atoms with E-state index >= 15 is 0 Å². The first-order valence-electron chi connectivity index (χ1n) is 8.86. The van der Waals surface area contributed by atoms with Gasteiger partial charge in [0.2, 0.25) is 5.91 Å². The first-order valence-corrected chi connectivity index (χ1v) is 8.86. The summed E-state index contributed by atoms with van der Waals surface area (Å²) in [5, 5.41) is 11.5. The molecule has 0 aromatic heterocycles. The number of carbonyl (C=O) groups is 2. The zero-order chi connectivity index (χ0) is 17.2. The van der Waals surface area contributed by atoms with Crippen LogP contribution in [-0.2, 0) is 14.3 Å². The number of likely N-dealkylation sites (tertiary alicyclic amines) is 1. The first kappa shape index (κ1) is 15.9. The standard InChI is InChI=1S/C19H25NO4/c1-10-6-11(2)13(12(3)7-10)8-20-9-19-5-4-14(24-19)15(18(22)23)16(19)17(20)21/h4-6,11-16H,7-9H2,1-3H3,(H,22,23)/p-1/t11-,12+,13+,14-,15+,16-,19+/m1/s1. The number of rotatable bonds is 3. The topological polar surface area (TPSA) is 69.7 Å². The van der Waals surface area contributed by atoms with E-state index in [1.165, 1.54) is 5.57 Å². The van der Waals surface area contributed by atoms with Crippen molar-refractivity contribution in [3.8, 4) is 0 Å². The van der Waals surface area contributed by atoms with Crippen molar-refractivity contribution in [2.75, 3.05) is 13.1 Å². The third kappa shape index (κ3) is 2.10. The molecule has 4 rings (SSSR count). The van der Waals surface area contributed by atoms with Crippen LogP contribution in [-0.4, -0.2) is 41.6 Å². The second-order valence-corrected chi connectivity index (χ2v) is 8.16. The monoisotopic (exact) mass is 330 g/mol. The quantitative estimate of drug-likeness (QED) is 0.716. The van der Waals surface area contributed by atoms with E-state index in [1.807, 2.05) is 11.0 Å². The van der Waals surface area contributed by atoms with Crippen molar-refractivity contribution in [1.82, 2.24) is 4.90 Å². The van der Waals surface area contributed by atoms with Crippen molar-refractivity contribution in [1.29, 1.82) is 0 Å². The van der Waals surface area contributed by atoms with Crippen LogP contribution in [0.15, 0.2) is 23.8 Å². The number of ether oxygens (including phenoxy) is 1. The number of carbonyl (C=O) groups excluding carboxylic acids is 2. The van der Waals surface area contributed by atoms with Crippen LogP contribution in [0, 0.1) is 29.6 Å². The summed E-state index contributed by atoms with van der Waals surface area (Å²) in [6.07, 6.45) is 6.54. The number of nitrogens with zero attached hydrogens (tertiary/aromatic N) is 1. The number of hydrogen-bond acceptors (Lipinski definition) is 4. The Hall–Kier alpha value is -1.62. The Labute approximate surface area is 142 Å². The van der Waals surface area contributed by atoms with Crippen LogP contribution >= 0.6 is 0 Å². The number of hydrogen-bond donors (Lipinski definition) is 0. The van der Waals surface area contributed by atoms with E-state index in [2.05, 4.69) is 26.8 Å². The van der Waals surface area contributed by atoms with Gasteiger partial charge in [0.15, 0.2) is 0 Å². The molecule has 2 saturated heterocycles. The SMILES string of the molecule is CC1=C[C@@H](C)[C@H](CN2C[C@]34C=C[C@@H](O3)[C@H](C(=O)[O-])[C@@H]4C2=O)[C@@H](C)C1. The van der Waals surface area contributed by atoms with Crippen molar-refractivity contribution in [3.63, 3.8) is 0 Å². The Kier molecular flexibility index (Phi) is 3.43. The minimum absolute atomic E-state index is 0.0817. The Morgan fingerprint density at radius 3 is 2.88 bits per heavy atom. The zero-order valence-electron chi connectivity index (χ0n) is 14.4. The van der Waals surface area contributed by atoms with Crippen LogP contribution in [0.2, 0.25) is 0 Å². The third-order valence-corrected chi connectivity index (χ3v) is 6.48. The highest BCUT2D eigenvalue weighted by Gasteiger charge is 2.65. The lowest BCUT2D eigenvalue weighted by Crippen LogP contribution is -2.45. The maximum absolute atomic E-state index is 12.9. The van der Waals surface area contributed by atoms with E-state index in [-0.39, 0.29) is 5.91 Å². The number of fused-ring (bicyclic) bond motifs is 1. The lowest BCUT2D eigenvalue weighted by molar-refractivity contribution is -0.313. The molecule has 0 unspecified atom stereocenters. The van der Waals surface area contributed by atoms with Crippen molar-refractivity contribution in [3.05, 3.63) is 23.8 Å². The van der Waals surface area contributed by atoms with Gasteiger partial charge in [0.05, 0.1) is 18.6 Å². The van der Waals surface area contributed by atoms with Crippen molar-refractivity contribution in [2.45, 2.75) is 38.9 Å². The van der Waals surface area contributed by atoms with Crippen LogP contribution in [0.5, 0.6) is 0 Å². The van der Waals surface area contributed by atoms with Gasteiger partial charge in [0.25, 0.3) is 0 Å². The van der Waals surface area contributed by atoms with Crippen molar-refractivity contribution < 1.29 is 19.4 Å². The van der Waals surface area contributed by atoms with Gasteiger partial charge in [-0.15, -0.1) is 0 Å². The Morgan fingerprint density at radius 2 is 2.21 bits per heavy atom. The fraction of sp³-hybridized carbons (Fsp3) is 0.684. The number of amides is 1. The summed E-state index contributed by atoms with van der Waals surface area (Å²) in [5.74, 6) is -1.40. The number of carboxylic acids is 1. The van der Waals surface area contributed by atoms with Gasteiger partial charge in [-0.05, 0) is 31.1 Å². The molecule has 7 atom stereocenters. The van der Waals surface area contributed by atoms with Crippen LogP contribution < -0.4 is 5.11 Å². The molecule has 2 fully saturated rings. The molecule has 0 aromatic carbocycles. The highest BCUT2D eigenvalue weighted by Crippen LogP contribution is 2.52. The predicted molar refractivity (Wildman–Crippen MR) is 85.5 cm³/mol. The maximum Gasteiger partial charge on any atom is 0.229 e. The molecule has 0 aromatic rings. The molecule has 5 heteroatoms. The average Bonchev–Trinajstić information content (AvgIpc) is 3.11. The Bertz CT molecular complexity index is 654. The van der Waals surface area contributed by atoms with Crippen molar-refractivity contribution in [2.24, 2.45) is 29.6 Å². The van der Waals surface area contributed by atoms with Gasteiger partial charge < -0.3 is 19.5 Å². The molecule has 0 saturated carbocycles. The van der Waals surface area contributed by atoms with Crippen LogP contribution in [0.25, 0.3) is 0 Å². The summed E-state index contributed by atoms with van der Waals surface area (Å²) in [6.45, 7) is 7.74. The molecule has 5 nitrogen and oxygen atoms in total. The van der Waals surface area contributed by atoms with E-state index < -0.39 is 29.5 Å². The average molecular weight is 330 g/mol. The second-order valence-electron chi connectivity index (χ2n) is 8.16. The molecular formula is C19H24NO4-. The molecular weight excluding hydrogens is 306 g/mol. The highest BCUT2D eigenvalue weighted by atomic mass is 16.5. The van der Waals surface area contributed by atoms with Gasteiger partial charge in [-0.3, -0.25) is 4.79 Å². The van der Waals surface area contributed by atoms with E-state index in [0.717, 1.165) is 6.42 Å². The smallest absolute Gasteiger partial charge is 0.229 e. The summed E-state index contributed by atoms with van der Waals surface area (Å²) in [4.78, 5) is 26.3. The summed E-state index contributed by atoms with van der Waals surface area (Å²) < 4.78 is 5.91. The molecule has 1 spiro atoms. The second kappa shape index (κ2) is 5.19. The minimum Gasteiger partial charge on any atom is -0.550 e. The molecule has 1 aliphatic carbocycles. The summed E-state index contributed by atoms with van der Waals surface area (Å²) in [6, 6.07) is 0. The van der Waals surface area contributed by atoms with Gasteiger partial charge in [0.1, 0.15) is 5.60 Å². The minimum atomic E-state index is -1.18. The number of allylic oxidation sites excluding steroid dienone is 2. The van der Waals surface area contributed by atoms with Gasteiger partial charge in [0, 0.05) is 18.4 Å². The molecule has 0 N–H and O–H groups in total. The fourth-order valence-corrected chi connectivity index (χ4v) is 5.42. The molecule has 3 heterocycles. The normalized spacial score (nSPS) is 46.4. The van der Waals surface area contributed by atoms with E-state index in [0.29, 0.717) is 30.8 Å². The summed E-state index contributed by atoms with van der Waals surface area (Å²) in [7, 11) is 0. The lowest BCUT2D eigenvalue weighted by atomic mass is 9.75. The van der Waals surface area contributed by atoms with Crippen LogP contribution in [0.1, 0.15) is 27.2 Å². The first-order chi connectivity index (χ1) is 11.3. The Morgan fingerprint density at radius 1 is 1.46 bits per heavy atom. The van der Waals surface area contributed by atoms with Gasteiger partial charge in [-0.25, -0.2) is 0 Å². The highest BCUT2D eigenvalue weighted by molar-refractivity contribution is 5.90. The molecule has 2 bridgehead atoms. The van der Waals surface area contributed by atoms with Gasteiger partial charge >= 0.3 is 0 Å². The molecule has 4 aliphatic rings. The molecule has 130 valence electrons. The van der Waals surface area contributed by atoms with E-state index in [4.69, 9.17) is 4.74 Å². The van der Waals surface area contributed by atoms with Crippen LogP contribution in [0.3, 0.4) is 0 Å². The summed E-state index contributed by atoms with van der Waals surface area (Å²) in [5.41, 5.74) is 0.663. The third-order valence-electron chi connectivity index (χ3n) is 6.48. The molecule has 1 amide bonds. The van der Waals surface area contributed by atoms with E-state index in [9.17, 15) is 14.7 Å². The maximum atomic E-state index is 12.9. The van der Waals surface area contributed by atoms with Gasteiger partial charge in [-0.1, -0.05) is 37.6 Å². The number of carboxylic acid groups (broad SMARTS) is 1.